The Morgan fingerprint density at radius 1 is 1.64 bits per heavy atom. The van der Waals surface area contributed by atoms with Crippen molar-refractivity contribution >= 4 is 5.97 Å². The van der Waals surface area contributed by atoms with Crippen molar-refractivity contribution in [3.63, 3.8) is 0 Å². The number of aliphatic carboxylic acids is 1. The first kappa shape index (κ1) is 8.49. The number of hydrogen-bond donors (Lipinski definition) is 2. The van der Waals surface area contributed by atoms with E-state index in [0.29, 0.717) is 0 Å². The van der Waals surface area contributed by atoms with Gasteiger partial charge < -0.3 is 14.9 Å². The summed E-state index contributed by atoms with van der Waals surface area (Å²) in [5.74, 6) is -0.736. The fraction of sp³-hybridized carbons (Fsp3) is 0.857. The number of carbonyl (C=O) groups is 1. The van der Waals surface area contributed by atoms with Gasteiger partial charge >= 0.3 is 5.97 Å². The Morgan fingerprint density at radius 2 is 2.27 bits per heavy atom. The molecule has 1 saturated carbocycles. The van der Waals surface area contributed by atoms with Crippen molar-refractivity contribution in [2.75, 3.05) is 13.2 Å². The molecule has 0 aromatic heterocycles. The largest absolute Gasteiger partial charge is 0.479 e. The summed E-state index contributed by atoms with van der Waals surface area (Å²) in [6.45, 7) is 0.00394. The van der Waals surface area contributed by atoms with Crippen LogP contribution in [-0.2, 0) is 9.53 Å². The summed E-state index contributed by atoms with van der Waals surface area (Å²) in [5.41, 5.74) is 0. The summed E-state index contributed by atoms with van der Waals surface area (Å²) in [6, 6.07) is 0. The average Bonchev–Trinajstić information content (AvgIpc) is 2.71. The molecule has 2 N–H and O–H groups in total. The fourth-order valence-corrected chi connectivity index (χ4v) is 0.988. The van der Waals surface area contributed by atoms with Gasteiger partial charge in [0, 0.05) is 0 Å². The number of carboxylic acids is 1. The lowest BCUT2D eigenvalue weighted by molar-refractivity contribution is -0.152. The van der Waals surface area contributed by atoms with E-state index in [4.69, 9.17) is 14.9 Å². The summed E-state index contributed by atoms with van der Waals surface area (Å²) < 4.78 is 4.93. The van der Waals surface area contributed by atoms with E-state index in [1.165, 1.54) is 0 Å². The zero-order chi connectivity index (χ0) is 8.27. The molecule has 1 unspecified atom stereocenters. The van der Waals surface area contributed by atoms with E-state index in [1.54, 1.807) is 0 Å². The van der Waals surface area contributed by atoms with Crippen LogP contribution in [0.4, 0.5) is 0 Å². The van der Waals surface area contributed by atoms with Gasteiger partial charge in [0.25, 0.3) is 0 Å². The van der Waals surface area contributed by atoms with Crippen molar-refractivity contribution in [2.45, 2.75) is 18.9 Å². The van der Waals surface area contributed by atoms with E-state index in [-0.39, 0.29) is 19.1 Å². The van der Waals surface area contributed by atoms with Gasteiger partial charge in [-0.3, -0.25) is 0 Å². The first-order chi connectivity index (χ1) is 5.25. The third-order valence-electron chi connectivity index (χ3n) is 1.68. The number of carboxylic acid groups (broad SMARTS) is 1. The Balaban J connectivity index is 2.26. The van der Waals surface area contributed by atoms with Crippen LogP contribution in [0.1, 0.15) is 12.8 Å². The maximum Gasteiger partial charge on any atom is 0.333 e. The lowest BCUT2D eigenvalue weighted by atomic mass is 10.2. The summed E-state index contributed by atoms with van der Waals surface area (Å²) in [4.78, 5) is 10.5. The normalized spacial score (nSPS) is 19.7. The van der Waals surface area contributed by atoms with Crippen LogP contribution in [0.2, 0.25) is 0 Å². The van der Waals surface area contributed by atoms with Crippen LogP contribution in [0, 0.1) is 5.92 Å². The molecule has 0 aromatic carbocycles. The molecule has 0 saturated heterocycles. The van der Waals surface area contributed by atoms with Gasteiger partial charge in [0.1, 0.15) is 0 Å². The second-order valence-electron chi connectivity index (χ2n) is 2.69. The number of ether oxygens (including phenoxy) is 1. The number of aliphatic hydroxyl groups excluding tert-OH is 1. The predicted octanol–water partition coefficient (Wildman–Crippen LogP) is -0.142. The molecular weight excluding hydrogens is 148 g/mol. The maximum absolute atomic E-state index is 10.5. The highest BCUT2D eigenvalue weighted by molar-refractivity contribution is 5.73. The number of hydrogen-bond acceptors (Lipinski definition) is 3. The second-order valence-corrected chi connectivity index (χ2v) is 2.69. The van der Waals surface area contributed by atoms with E-state index in [9.17, 15) is 4.79 Å². The molecule has 4 heteroatoms. The summed E-state index contributed by atoms with van der Waals surface area (Å²) >= 11 is 0. The molecule has 0 spiro atoms. The van der Waals surface area contributed by atoms with E-state index in [2.05, 4.69) is 0 Å². The molecule has 4 nitrogen and oxygen atoms in total. The Labute approximate surface area is 64.8 Å². The van der Waals surface area contributed by atoms with Gasteiger partial charge in [-0.2, -0.15) is 0 Å². The highest BCUT2D eigenvalue weighted by Crippen LogP contribution is 2.34. The van der Waals surface area contributed by atoms with E-state index in [0.717, 1.165) is 12.8 Å². The quantitative estimate of drug-likeness (QED) is 0.587. The minimum absolute atomic E-state index is 0.115. The lowest BCUT2D eigenvalue weighted by Gasteiger charge is -2.10. The van der Waals surface area contributed by atoms with Crippen LogP contribution in [0.15, 0.2) is 0 Å². The predicted molar refractivity (Wildman–Crippen MR) is 37.2 cm³/mol. The molecule has 0 bridgehead atoms. The molecule has 0 amide bonds. The van der Waals surface area contributed by atoms with Gasteiger partial charge in [-0.05, 0) is 18.8 Å². The van der Waals surface area contributed by atoms with Crippen molar-refractivity contribution < 1.29 is 19.7 Å². The first-order valence-electron chi connectivity index (χ1n) is 3.71. The Kier molecular flexibility index (Phi) is 2.84. The van der Waals surface area contributed by atoms with Crippen molar-refractivity contribution in [3.05, 3.63) is 0 Å². The van der Waals surface area contributed by atoms with Gasteiger partial charge in [-0.15, -0.1) is 0 Å². The molecule has 0 aliphatic heterocycles. The topological polar surface area (TPSA) is 66.8 Å². The van der Waals surface area contributed by atoms with Crippen molar-refractivity contribution in [3.8, 4) is 0 Å². The van der Waals surface area contributed by atoms with Gasteiger partial charge in [0.15, 0.2) is 6.10 Å². The Morgan fingerprint density at radius 3 is 2.64 bits per heavy atom. The molecule has 1 fully saturated rings. The monoisotopic (exact) mass is 160 g/mol. The van der Waals surface area contributed by atoms with Gasteiger partial charge in [0.2, 0.25) is 0 Å². The molecule has 1 aliphatic carbocycles. The molecule has 0 radical (unpaired) electrons. The molecule has 64 valence electrons. The van der Waals surface area contributed by atoms with E-state index < -0.39 is 12.1 Å². The van der Waals surface area contributed by atoms with E-state index >= 15 is 0 Å². The fourth-order valence-electron chi connectivity index (χ4n) is 0.988. The smallest absolute Gasteiger partial charge is 0.333 e. The van der Waals surface area contributed by atoms with Gasteiger partial charge in [-0.25, -0.2) is 4.79 Å². The van der Waals surface area contributed by atoms with Crippen LogP contribution in [0.25, 0.3) is 0 Å². The molecule has 1 atom stereocenters. The third-order valence-corrected chi connectivity index (χ3v) is 1.68. The van der Waals surface area contributed by atoms with Crippen LogP contribution in [0.3, 0.4) is 0 Å². The van der Waals surface area contributed by atoms with Crippen molar-refractivity contribution in [1.82, 2.24) is 0 Å². The van der Waals surface area contributed by atoms with E-state index in [1.807, 2.05) is 0 Å². The highest BCUT2D eigenvalue weighted by Gasteiger charge is 2.36. The average molecular weight is 160 g/mol. The molecular formula is C7H12O4. The van der Waals surface area contributed by atoms with Crippen LogP contribution in [-0.4, -0.2) is 35.5 Å². The SMILES string of the molecule is O=C(O)C(OCCO)C1CC1. The molecule has 0 heterocycles. The Hall–Kier alpha value is -0.610. The number of aliphatic hydroxyl groups is 1. The Bertz CT molecular complexity index is 141. The second kappa shape index (κ2) is 3.69. The minimum Gasteiger partial charge on any atom is -0.479 e. The summed E-state index contributed by atoms with van der Waals surface area (Å²) in [5, 5.41) is 17.0. The van der Waals surface area contributed by atoms with Crippen molar-refractivity contribution in [1.29, 1.82) is 0 Å². The summed E-state index contributed by atoms with van der Waals surface area (Å²) in [7, 11) is 0. The molecule has 1 rings (SSSR count). The minimum atomic E-state index is -0.916. The summed E-state index contributed by atoms with van der Waals surface area (Å²) in [6.07, 6.45) is 1.17. The third kappa shape index (κ3) is 2.48. The lowest BCUT2D eigenvalue weighted by Crippen LogP contribution is -2.27. The standard InChI is InChI=1S/C7H12O4/c8-3-4-11-6(7(9)10)5-1-2-5/h5-6,8H,1-4H2,(H,9,10). The van der Waals surface area contributed by atoms with Crippen LogP contribution >= 0.6 is 0 Å². The van der Waals surface area contributed by atoms with Crippen molar-refractivity contribution in [2.24, 2.45) is 5.92 Å². The van der Waals surface area contributed by atoms with Crippen LogP contribution < -0.4 is 0 Å². The molecule has 1 aliphatic rings. The highest BCUT2D eigenvalue weighted by atomic mass is 16.5. The van der Waals surface area contributed by atoms with Gasteiger partial charge in [0.05, 0.1) is 13.2 Å². The van der Waals surface area contributed by atoms with Gasteiger partial charge in [-0.1, -0.05) is 0 Å². The molecule has 11 heavy (non-hydrogen) atoms. The maximum atomic E-state index is 10.5. The zero-order valence-corrected chi connectivity index (χ0v) is 6.19. The molecule has 0 aromatic rings. The van der Waals surface area contributed by atoms with Crippen LogP contribution in [0.5, 0.6) is 0 Å². The first-order valence-corrected chi connectivity index (χ1v) is 3.71. The zero-order valence-electron chi connectivity index (χ0n) is 6.19. The number of rotatable bonds is 5.